The minimum atomic E-state index is -0.820. The van der Waals surface area contributed by atoms with Gasteiger partial charge >= 0.3 is 11.9 Å². The van der Waals surface area contributed by atoms with Crippen LogP contribution in [0.25, 0.3) is 0 Å². The van der Waals surface area contributed by atoms with E-state index in [-0.39, 0.29) is 17.4 Å². The van der Waals surface area contributed by atoms with Crippen molar-refractivity contribution in [2.45, 2.75) is 58.0 Å². The zero-order valence-corrected chi connectivity index (χ0v) is 18.3. The van der Waals surface area contributed by atoms with Gasteiger partial charge in [0.25, 0.3) is 5.69 Å². The maximum Gasteiger partial charge on any atom is 0.337 e. The summed E-state index contributed by atoms with van der Waals surface area (Å²) in [4.78, 5) is 38.8. The number of methoxy groups -OCH3 is 1. The molecule has 0 radical (unpaired) electrons. The molecule has 1 aromatic rings. The molecule has 31 heavy (non-hydrogen) atoms. The number of nitro groups is 1. The summed E-state index contributed by atoms with van der Waals surface area (Å²) < 4.78 is 10.9. The topological polar surface area (TPSA) is 99.0 Å². The Morgan fingerprint density at radius 2 is 1.68 bits per heavy atom. The zero-order valence-electron chi connectivity index (χ0n) is 18.3. The molecule has 0 bridgehead atoms. The van der Waals surface area contributed by atoms with Gasteiger partial charge in [0.1, 0.15) is 6.10 Å². The summed E-state index contributed by atoms with van der Waals surface area (Å²) in [5.41, 5.74) is 2.19. The Kier molecular flexibility index (Phi) is 6.77. The van der Waals surface area contributed by atoms with Crippen molar-refractivity contribution in [2.24, 2.45) is 0 Å². The number of rotatable bonds is 5. The number of ether oxygens (including phenoxy) is 2. The lowest BCUT2D eigenvalue weighted by atomic mass is 9.79. The van der Waals surface area contributed by atoms with Gasteiger partial charge in [0, 0.05) is 30.6 Å². The Morgan fingerprint density at radius 1 is 1.06 bits per heavy atom. The van der Waals surface area contributed by atoms with Gasteiger partial charge in [-0.3, -0.25) is 10.1 Å². The van der Waals surface area contributed by atoms with Gasteiger partial charge in [0.2, 0.25) is 0 Å². The van der Waals surface area contributed by atoms with Crippen molar-refractivity contribution >= 4 is 17.6 Å². The van der Waals surface area contributed by atoms with Crippen molar-refractivity contribution < 1.29 is 24.0 Å². The fourth-order valence-electron chi connectivity index (χ4n) is 4.37. The van der Waals surface area contributed by atoms with E-state index in [1.165, 1.54) is 19.2 Å². The van der Waals surface area contributed by atoms with Crippen LogP contribution >= 0.6 is 0 Å². The van der Waals surface area contributed by atoms with Gasteiger partial charge in [-0.15, -0.1) is 0 Å². The Bertz CT molecular complexity index is 959. The number of hydrogen-bond acceptors (Lipinski definition) is 7. The number of carbonyl (C=O) groups excluding carboxylic acids is 2. The Balaban J connectivity index is 2.12. The van der Waals surface area contributed by atoms with Crippen molar-refractivity contribution in [3.8, 4) is 0 Å². The van der Waals surface area contributed by atoms with Crippen LogP contribution in [-0.4, -0.2) is 42.0 Å². The molecule has 8 heteroatoms. The molecule has 0 N–H and O–H groups in total. The van der Waals surface area contributed by atoms with Crippen LogP contribution in [0, 0.1) is 10.1 Å². The molecular weight excluding hydrogens is 400 g/mol. The van der Waals surface area contributed by atoms with Gasteiger partial charge in [-0.2, -0.15) is 0 Å². The van der Waals surface area contributed by atoms with Crippen LogP contribution in [0.15, 0.2) is 46.8 Å². The maximum absolute atomic E-state index is 13.4. The summed E-state index contributed by atoms with van der Waals surface area (Å²) in [6.07, 6.45) is 4.62. The van der Waals surface area contributed by atoms with E-state index in [1.807, 2.05) is 0 Å². The molecule has 0 aromatic heterocycles. The summed E-state index contributed by atoms with van der Waals surface area (Å²) in [6, 6.07) is 6.01. The van der Waals surface area contributed by atoms with Gasteiger partial charge in [-0.05, 0) is 45.1 Å². The minimum absolute atomic E-state index is 0.115. The van der Waals surface area contributed by atoms with Gasteiger partial charge in [0.15, 0.2) is 0 Å². The highest BCUT2D eigenvalue weighted by Gasteiger charge is 2.40. The number of benzene rings is 1. The molecule has 8 nitrogen and oxygen atoms in total. The number of allylic oxidation sites excluding steroid dienone is 2. The van der Waals surface area contributed by atoms with Crippen LogP contribution in [-0.2, 0) is 19.1 Å². The van der Waals surface area contributed by atoms with E-state index >= 15 is 0 Å². The quantitative estimate of drug-likeness (QED) is 0.393. The van der Waals surface area contributed by atoms with Gasteiger partial charge in [-0.25, -0.2) is 9.59 Å². The molecule has 3 rings (SSSR count). The van der Waals surface area contributed by atoms with Crippen LogP contribution < -0.4 is 0 Å². The first kappa shape index (κ1) is 22.5. The van der Waals surface area contributed by atoms with Crippen LogP contribution in [0.4, 0.5) is 5.69 Å². The van der Waals surface area contributed by atoms with E-state index in [2.05, 4.69) is 0 Å². The predicted octanol–water partition coefficient (Wildman–Crippen LogP) is 4.22. The molecule has 1 saturated carbocycles. The summed E-state index contributed by atoms with van der Waals surface area (Å²) in [5, 5.41) is 11.4. The number of non-ortho nitro benzene ring substituents is 1. The second kappa shape index (κ2) is 9.32. The third-order valence-electron chi connectivity index (χ3n) is 6.23. The Labute approximate surface area is 181 Å². The number of esters is 2. The Hall–Kier alpha value is -3.16. The smallest absolute Gasteiger partial charge is 0.337 e. The second-order valence-corrected chi connectivity index (χ2v) is 8.00. The monoisotopic (exact) mass is 428 g/mol. The standard InChI is InChI=1S/C23H28N2O6/c1-14-19(22(26)30-4)21(16-9-8-10-17(13-16)25(28)29)20(15(2)24(14)3)23(27)31-18-11-6-5-7-12-18/h8-10,13,18,21H,5-7,11-12H2,1-4H3. The lowest BCUT2D eigenvalue weighted by Gasteiger charge is -2.36. The van der Waals surface area contributed by atoms with E-state index < -0.39 is 22.8 Å². The third-order valence-corrected chi connectivity index (χ3v) is 6.23. The summed E-state index contributed by atoms with van der Waals surface area (Å²) in [6.45, 7) is 3.56. The normalized spacial score (nSPS) is 20.0. The molecule has 1 aliphatic heterocycles. The third kappa shape index (κ3) is 4.47. The highest BCUT2D eigenvalue weighted by molar-refractivity contribution is 6.00. The minimum Gasteiger partial charge on any atom is -0.466 e. The lowest BCUT2D eigenvalue weighted by Crippen LogP contribution is -2.34. The number of nitrogens with zero attached hydrogens (tertiary/aromatic N) is 2. The SMILES string of the molecule is COC(=O)C1=C(C)N(C)C(C)=C(C(=O)OC2CCCCC2)C1c1cccc([N+](=O)[O-])c1. The molecule has 0 saturated heterocycles. The highest BCUT2D eigenvalue weighted by Crippen LogP contribution is 2.43. The van der Waals surface area contributed by atoms with E-state index in [9.17, 15) is 19.7 Å². The second-order valence-electron chi connectivity index (χ2n) is 8.00. The molecule has 1 atom stereocenters. The molecule has 1 unspecified atom stereocenters. The first-order chi connectivity index (χ1) is 14.8. The average molecular weight is 428 g/mol. The fraction of sp³-hybridized carbons (Fsp3) is 0.478. The van der Waals surface area contributed by atoms with E-state index in [0.717, 1.165) is 32.1 Å². The summed E-state index contributed by atoms with van der Waals surface area (Å²) in [7, 11) is 3.05. The molecule has 2 aliphatic rings. The van der Waals surface area contributed by atoms with Gasteiger partial charge in [0.05, 0.1) is 29.1 Å². The first-order valence-corrected chi connectivity index (χ1v) is 10.4. The van der Waals surface area contributed by atoms with Crippen molar-refractivity contribution in [3.05, 3.63) is 62.5 Å². The average Bonchev–Trinajstić information content (AvgIpc) is 2.77. The molecule has 0 spiro atoms. The molecule has 1 aromatic carbocycles. The highest BCUT2D eigenvalue weighted by atomic mass is 16.6. The Morgan fingerprint density at radius 3 is 2.26 bits per heavy atom. The van der Waals surface area contributed by atoms with Gasteiger partial charge < -0.3 is 14.4 Å². The van der Waals surface area contributed by atoms with E-state index in [1.54, 1.807) is 37.9 Å². The van der Waals surface area contributed by atoms with Crippen molar-refractivity contribution in [3.63, 3.8) is 0 Å². The fourth-order valence-corrected chi connectivity index (χ4v) is 4.37. The summed E-state index contributed by atoms with van der Waals surface area (Å²) in [5.74, 6) is -1.90. The van der Waals surface area contributed by atoms with Crippen molar-refractivity contribution in [1.29, 1.82) is 0 Å². The number of nitro benzene ring substituents is 1. The molecular formula is C23H28N2O6. The molecule has 0 amide bonds. The summed E-state index contributed by atoms with van der Waals surface area (Å²) >= 11 is 0. The first-order valence-electron chi connectivity index (χ1n) is 10.4. The lowest BCUT2D eigenvalue weighted by molar-refractivity contribution is -0.384. The largest absolute Gasteiger partial charge is 0.466 e. The zero-order chi connectivity index (χ0) is 22.7. The molecule has 1 heterocycles. The molecule has 166 valence electrons. The van der Waals surface area contributed by atoms with Gasteiger partial charge in [-0.1, -0.05) is 18.6 Å². The predicted molar refractivity (Wildman–Crippen MR) is 114 cm³/mol. The van der Waals surface area contributed by atoms with Crippen LogP contribution in [0.2, 0.25) is 0 Å². The van der Waals surface area contributed by atoms with Crippen LogP contribution in [0.5, 0.6) is 0 Å². The number of hydrogen-bond donors (Lipinski definition) is 0. The maximum atomic E-state index is 13.4. The molecule has 1 aliphatic carbocycles. The number of carbonyl (C=O) groups is 2. The molecule has 1 fully saturated rings. The van der Waals surface area contributed by atoms with E-state index in [4.69, 9.17) is 9.47 Å². The van der Waals surface area contributed by atoms with Crippen molar-refractivity contribution in [1.82, 2.24) is 4.90 Å². The van der Waals surface area contributed by atoms with Crippen LogP contribution in [0.1, 0.15) is 57.4 Å². The van der Waals surface area contributed by atoms with E-state index in [0.29, 0.717) is 22.5 Å². The van der Waals surface area contributed by atoms with Crippen LogP contribution in [0.3, 0.4) is 0 Å². The van der Waals surface area contributed by atoms with Crippen molar-refractivity contribution in [2.75, 3.05) is 14.2 Å².